The molecule has 1 heterocycles. The normalized spacial score (nSPS) is 10.1. The van der Waals surface area contributed by atoms with E-state index in [2.05, 4.69) is 17.9 Å². The zero-order valence-corrected chi connectivity index (χ0v) is 9.73. The first-order valence-corrected chi connectivity index (χ1v) is 5.65. The van der Waals surface area contributed by atoms with Gasteiger partial charge in [0.2, 0.25) is 5.91 Å². The second-order valence-electron chi connectivity index (χ2n) is 2.28. The van der Waals surface area contributed by atoms with Crippen molar-refractivity contribution in [2.45, 2.75) is 6.54 Å². The van der Waals surface area contributed by atoms with E-state index in [1.54, 1.807) is 6.07 Å². The Balaban J connectivity index is 2.54. The standard InChI is InChI=1S/C7H7Cl2NOS2/c8-5-1-4(7(9)13-5)2-10-6(11)3-12/h1,12H,2-3H2,(H,10,11). The number of rotatable bonds is 3. The first kappa shape index (κ1) is 11.2. The third-order valence-corrected chi connectivity index (χ3v) is 3.20. The van der Waals surface area contributed by atoms with Crippen LogP contribution in [0.4, 0.5) is 0 Å². The van der Waals surface area contributed by atoms with Crippen LogP contribution in [0, 0.1) is 0 Å². The lowest BCUT2D eigenvalue weighted by atomic mass is 10.3. The summed E-state index contributed by atoms with van der Waals surface area (Å²) in [5.74, 6) is 0.0527. The monoisotopic (exact) mass is 255 g/mol. The Morgan fingerprint density at radius 2 is 2.31 bits per heavy atom. The van der Waals surface area contributed by atoms with Crippen molar-refractivity contribution < 1.29 is 4.79 Å². The van der Waals surface area contributed by atoms with Gasteiger partial charge in [-0.2, -0.15) is 12.6 Å². The van der Waals surface area contributed by atoms with Gasteiger partial charge in [0.05, 0.1) is 14.4 Å². The smallest absolute Gasteiger partial charge is 0.229 e. The molecule has 0 bridgehead atoms. The maximum Gasteiger partial charge on any atom is 0.229 e. The summed E-state index contributed by atoms with van der Waals surface area (Å²) in [4.78, 5) is 10.8. The third kappa shape index (κ3) is 3.38. The predicted octanol–water partition coefficient (Wildman–Crippen LogP) is 2.60. The molecule has 72 valence electrons. The van der Waals surface area contributed by atoms with Gasteiger partial charge in [-0.1, -0.05) is 23.2 Å². The van der Waals surface area contributed by atoms with Crippen molar-refractivity contribution in [3.8, 4) is 0 Å². The van der Waals surface area contributed by atoms with E-state index in [1.807, 2.05) is 0 Å². The number of thiophene rings is 1. The fraction of sp³-hybridized carbons (Fsp3) is 0.286. The van der Waals surface area contributed by atoms with Gasteiger partial charge >= 0.3 is 0 Å². The van der Waals surface area contributed by atoms with Gasteiger partial charge < -0.3 is 5.32 Å². The maximum atomic E-state index is 10.8. The van der Waals surface area contributed by atoms with Gasteiger partial charge in [0, 0.05) is 12.1 Å². The number of hydrogen-bond acceptors (Lipinski definition) is 3. The Bertz CT molecular complexity index is 313. The Kier molecular flexibility index (Phi) is 4.38. The summed E-state index contributed by atoms with van der Waals surface area (Å²) in [6.45, 7) is 0.404. The molecule has 0 saturated heterocycles. The first-order chi connectivity index (χ1) is 6.13. The molecular formula is C7H7Cl2NOS2. The molecule has 0 aromatic carbocycles. The molecule has 0 aliphatic carbocycles. The van der Waals surface area contributed by atoms with Crippen molar-refractivity contribution in [3.05, 3.63) is 20.3 Å². The quantitative estimate of drug-likeness (QED) is 0.800. The Morgan fingerprint density at radius 1 is 1.62 bits per heavy atom. The van der Waals surface area contributed by atoms with E-state index < -0.39 is 0 Å². The highest BCUT2D eigenvalue weighted by Gasteiger charge is 2.06. The number of nitrogens with one attached hydrogen (secondary N) is 1. The van der Waals surface area contributed by atoms with Crippen molar-refractivity contribution in [3.63, 3.8) is 0 Å². The third-order valence-electron chi connectivity index (χ3n) is 1.35. The second kappa shape index (κ2) is 5.10. The lowest BCUT2D eigenvalue weighted by Gasteiger charge is -2.00. The zero-order valence-electron chi connectivity index (χ0n) is 6.51. The molecule has 0 saturated carbocycles. The van der Waals surface area contributed by atoms with Crippen molar-refractivity contribution in [2.75, 3.05) is 5.75 Å². The number of carbonyl (C=O) groups is 1. The average Bonchev–Trinajstić information content (AvgIpc) is 2.41. The van der Waals surface area contributed by atoms with E-state index >= 15 is 0 Å². The molecule has 13 heavy (non-hydrogen) atoms. The number of amides is 1. The molecule has 1 amide bonds. The average molecular weight is 256 g/mol. The van der Waals surface area contributed by atoms with Gasteiger partial charge in [0.1, 0.15) is 0 Å². The summed E-state index contributed by atoms with van der Waals surface area (Å²) in [5.41, 5.74) is 0.840. The van der Waals surface area contributed by atoms with Gasteiger partial charge in [0.25, 0.3) is 0 Å². The molecule has 2 nitrogen and oxygen atoms in total. The van der Waals surface area contributed by atoms with Gasteiger partial charge in [-0.15, -0.1) is 11.3 Å². The molecular weight excluding hydrogens is 249 g/mol. The van der Waals surface area contributed by atoms with Crippen LogP contribution < -0.4 is 5.32 Å². The minimum atomic E-state index is -0.123. The molecule has 0 aliphatic heterocycles. The van der Waals surface area contributed by atoms with E-state index in [-0.39, 0.29) is 11.7 Å². The molecule has 0 atom stereocenters. The van der Waals surface area contributed by atoms with Crippen molar-refractivity contribution in [2.24, 2.45) is 0 Å². The van der Waals surface area contributed by atoms with Gasteiger partial charge in [0.15, 0.2) is 0 Å². The van der Waals surface area contributed by atoms with Crippen LogP contribution in [0.25, 0.3) is 0 Å². The molecule has 0 fully saturated rings. The molecule has 6 heteroatoms. The summed E-state index contributed by atoms with van der Waals surface area (Å²) in [5, 5.41) is 2.65. The minimum absolute atomic E-state index is 0.123. The van der Waals surface area contributed by atoms with E-state index in [1.165, 1.54) is 11.3 Å². The molecule has 1 aromatic rings. The van der Waals surface area contributed by atoms with E-state index in [0.29, 0.717) is 15.2 Å². The number of halogens is 2. The molecule has 0 unspecified atom stereocenters. The summed E-state index contributed by atoms with van der Waals surface area (Å²) in [7, 11) is 0. The van der Waals surface area contributed by atoms with Crippen LogP contribution in [-0.2, 0) is 11.3 Å². The fourth-order valence-corrected chi connectivity index (χ4v) is 2.34. The SMILES string of the molecule is O=C(CS)NCc1cc(Cl)sc1Cl. The highest BCUT2D eigenvalue weighted by atomic mass is 35.5. The number of carbonyl (C=O) groups excluding carboxylic acids is 1. The van der Waals surface area contributed by atoms with Crippen LogP contribution in [0.5, 0.6) is 0 Å². The van der Waals surface area contributed by atoms with Crippen molar-refractivity contribution in [1.82, 2.24) is 5.32 Å². The molecule has 0 aliphatic rings. The van der Waals surface area contributed by atoms with E-state index in [0.717, 1.165) is 5.56 Å². The zero-order chi connectivity index (χ0) is 9.84. The minimum Gasteiger partial charge on any atom is -0.351 e. The van der Waals surface area contributed by atoms with Gasteiger partial charge in [-0.3, -0.25) is 4.79 Å². The predicted molar refractivity (Wildman–Crippen MR) is 60.0 cm³/mol. The maximum absolute atomic E-state index is 10.8. The lowest BCUT2D eigenvalue weighted by molar-refractivity contribution is -0.118. The van der Waals surface area contributed by atoms with Crippen LogP contribution in [0.15, 0.2) is 6.07 Å². The molecule has 1 rings (SSSR count). The second-order valence-corrected chi connectivity index (χ2v) is 4.89. The Labute approximate surface area is 95.6 Å². The van der Waals surface area contributed by atoms with E-state index in [4.69, 9.17) is 23.2 Å². The summed E-state index contributed by atoms with van der Waals surface area (Å²) < 4.78 is 1.24. The largest absolute Gasteiger partial charge is 0.351 e. The van der Waals surface area contributed by atoms with Crippen LogP contribution >= 0.6 is 47.2 Å². The van der Waals surface area contributed by atoms with Gasteiger partial charge in [-0.05, 0) is 6.07 Å². The van der Waals surface area contributed by atoms with Crippen LogP contribution in [0.1, 0.15) is 5.56 Å². The summed E-state index contributed by atoms with van der Waals surface area (Å²) in [6, 6.07) is 1.74. The van der Waals surface area contributed by atoms with Crippen LogP contribution in [-0.4, -0.2) is 11.7 Å². The summed E-state index contributed by atoms with van der Waals surface area (Å²) in [6.07, 6.45) is 0. The van der Waals surface area contributed by atoms with Crippen molar-refractivity contribution in [1.29, 1.82) is 0 Å². The highest BCUT2D eigenvalue weighted by Crippen LogP contribution is 2.30. The lowest BCUT2D eigenvalue weighted by Crippen LogP contribution is -2.23. The van der Waals surface area contributed by atoms with Crippen molar-refractivity contribution >= 4 is 53.1 Å². The molecule has 1 aromatic heterocycles. The van der Waals surface area contributed by atoms with Crippen LogP contribution in [0.2, 0.25) is 8.67 Å². The van der Waals surface area contributed by atoms with Crippen LogP contribution in [0.3, 0.4) is 0 Å². The summed E-state index contributed by atoms with van der Waals surface area (Å²) >= 11 is 16.7. The highest BCUT2D eigenvalue weighted by molar-refractivity contribution is 7.81. The number of thiol groups is 1. The molecule has 1 N–H and O–H groups in total. The number of hydrogen-bond donors (Lipinski definition) is 2. The van der Waals surface area contributed by atoms with E-state index in [9.17, 15) is 4.79 Å². The first-order valence-electron chi connectivity index (χ1n) is 3.44. The fourth-order valence-electron chi connectivity index (χ4n) is 0.745. The Hall–Kier alpha value is 0.1000. The van der Waals surface area contributed by atoms with Gasteiger partial charge in [-0.25, -0.2) is 0 Å². The molecule has 0 spiro atoms. The molecule has 0 radical (unpaired) electrons. The topological polar surface area (TPSA) is 29.1 Å². The Morgan fingerprint density at radius 3 is 2.77 bits per heavy atom.